The Hall–Kier alpha value is -5.39. The van der Waals surface area contributed by atoms with Gasteiger partial charge in [0.2, 0.25) is 0 Å². The maximum Gasteiger partial charge on any atom is 0.164 e. The molecule has 0 fully saturated rings. The second kappa shape index (κ2) is 11.0. The number of halogens is 1. The van der Waals surface area contributed by atoms with Gasteiger partial charge in [0, 0.05) is 31.9 Å². The van der Waals surface area contributed by atoms with Crippen molar-refractivity contribution >= 4 is 37.9 Å². The number of benzene rings is 6. The lowest BCUT2D eigenvalue weighted by Crippen LogP contribution is -2.00. The Labute approximate surface area is 262 Å². The summed E-state index contributed by atoms with van der Waals surface area (Å²) >= 11 is 3.60. The lowest BCUT2D eigenvalue weighted by atomic mass is 9.98. The van der Waals surface area contributed by atoms with Gasteiger partial charge >= 0.3 is 0 Å². The minimum atomic E-state index is 0.605. The third-order valence-electron chi connectivity index (χ3n) is 7.79. The van der Waals surface area contributed by atoms with Crippen molar-refractivity contribution in [2.45, 2.75) is 0 Å². The molecule has 8 rings (SSSR count). The van der Waals surface area contributed by atoms with Crippen LogP contribution in [0.5, 0.6) is 0 Å². The molecule has 208 valence electrons. The Morgan fingerprint density at radius 3 is 1.68 bits per heavy atom. The fraction of sp³-hybridized carbons (Fsp3) is 0. The van der Waals surface area contributed by atoms with Crippen LogP contribution in [0.3, 0.4) is 0 Å². The first kappa shape index (κ1) is 26.3. The van der Waals surface area contributed by atoms with Gasteiger partial charge in [-0.15, -0.1) is 0 Å². The van der Waals surface area contributed by atoms with Crippen LogP contribution in [0.2, 0.25) is 0 Å². The molecule has 0 atom stereocenters. The van der Waals surface area contributed by atoms with Gasteiger partial charge in [-0.25, -0.2) is 15.0 Å². The Balaban J connectivity index is 1.29. The summed E-state index contributed by atoms with van der Waals surface area (Å²) in [5.41, 5.74) is 8.93. The standard InChI is InChI=1S/C39H24BrN3O/c40-31-17-8-15-29(24-31)27-13-6-12-26(22-27)28-14-7-16-30(23-28)38-41-37(25-10-2-1-3-11-25)42-39(43-38)33-19-9-21-35-36(33)32-18-4-5-20-34(32)44-35/h1-24H. The number of aromatic nitrogens is 3. The number of fused-ring (bicyclic) bond motifs is 3. The molecule has 0 aliphatic heterocycles. The first-order chi connectivity index (χ1) is 21.7. The molecule has 44 heavy (non-hydrogen) atoms. The maximum absolute atomic E-state index is 6.18. The van der Waals surface area contributed by atoms with E-state index in [1.54, 1.807) is 0 Å². The van der Waals surface area contributed by atoms with E-state index in [0.29, 0.717) is 17.5 Å². The van der Waals surface area contributed by atoms with Crippen LogP contribution in [0.25, 0.3) is 78.4 Å². The summed E-state index contributed by atoms with van der Waals surface area (Å²) in [5, 5.41) is 2.03. The summed E-state index contributed by atoms with van der Waals surface area (Å²) in [6.45, 7) is 0. The van der Waals surface area contributed by atoms with Crippen molar-refractivity contribution < 1.29 is 4.42 Å². The Morgan fingerprint density at radius 1 is 0.409 bits per heavy atom. The van der Waals surface area contributed by atoms with E-state index in [9.17, 15) is 0 Å². The van der Waals surface area contributed by atoms with Crippen molar-refractivity contribution in [1.29, 1.82) is 0 Å². The highest BCUT2D eigenvalue weighted by Crippen LogP contribution is 2.37. The highest BCUT2D eigenvalue weighted by Gasteiger charge is 2.18. The highest BCUT2D eigenvalue weighted by molar-refractivity contribution is 9.10. The van der Waals surface area contributed by atoms with Crippen molar-refractivity contribution in [2.24, 2.45) is 0 Å². The van der Waals surface area contributed by atoms with Gasteiger partial charge in [0.25, 0.3) is 0 Å². The van der Waals surface area contributed by atoms with Crippen molar-refractivity contribution in [3.8, 4) is 56.4 Å². The molecule has 0 aliphatic carbocycles. The molecule has 2 aromatic heterocycles. The summed E-state index contributed by atoms with van der Waals surface area (Å²) in [7, 11) is 0. The van der Waals surface area contributed by atoms with Crippen LogP contribution in [0.15, 0.2) is 154 Å². The topological polar surface area (TPSA) is 51.8 Å². The summed E-state index contributed by atoms with van der Waals surface area (Å²) < 4.78 is 7.24. The molecule has 0 unspecified atom stereocenters. The molecule has 0 bridgehead atoms. The van der Waals surface area contributed by atoms with Gasteiger partial charge in [-0.05, 0) is 58.7 Å². The first-order valence-electron chi connectivity index (χ1n) is 14.4. The van der Waals surface area contributed by atoms with E-state index < -0.39 is 0 Å². The monoisotopic (exact) mass is 629 g/mol. The SMILES string of the molecule is Brc1cccc(-c2cccc(-c3cccc(-c4nc(-c5ccccc5)nc(-c5cccc6oc7ccccc7c56)n4)c3)c2)c1. The number of hydrogen-bond donors (Lipinski definition) is 0. The van der Waals surface area contributed by atoms with Crippen molar-refractivity contribution in [3.05, 3.63) is 150 Å². The highest BCUT2D eigenvalue weighted by atomic mass is 79.9. The minimum absolute atomic E-state index is 0.605. The van der Waals surface area contributed by atoms with Crippen molar-refractivity contribution in [3.63, 3.8) is 0 Å². The van der Waals surface area contributed by atoms with Crippen LogP contribution in [0.1, 0.15) is 0 Å². The number of hydrogen-bond acceptors (Lipinski definition) is 4. The molecule has 0 N–H and O–H groups in total. The Bertz CT molecular complexity index is 2310. The molecule has 0 amide bonds. The Morgan fingerprint density at radius 2 is 0.932 bits per heavy atom. The van der Waals surface area contributed by atoms with Crippen LogP contribution in [-0.4, -0.2) is 15.0 Å². The van der Waals surface area contributed by atoms with E-state index in [1.165, 1.54) is 0 Å². The molecular formula is C39H24BrN3O. The van der Waals surface area contributed by atoms with Gasteiger partial charge in [0.15, 0.2) is 17.5 Å². The summed E-state index contributed by atoms with van der Waals surface area (Å²) in [6, 6.07) is 49.5. The van der Waals surface area contributed by atoms with E-state index in [-0.39, 0.29) is 0 Å². The largest absolute Gasteiger partial charge is 0.456 e. The van der Waals surface area contributed by atoms with Gasteiger partial charge in [0.1, 0.15) is 11.2 Å². The quantitative estimate of drug-likeness (QED) is 0.190. The molecule has 0 saturated heterocycles. The molecule has 0 aliphatic rings. The normalized spacial score (nSPS) is 11.3. The van der Waals surface area contributed by atoms with Crippen LogP contribution in [0, 0.1) is 0 Å². The summed E-state index contributed by atoms with van der Waals surface area (Å²) in [5.74, 6) is 1.84. The lowest BCUT2D eigenvalue weighted by molar-refractivity contribution is 0.669. The zero-order valence-electron chi connectivity index (χ0n) is 23.5. The van der Waals surface area contributed by atoms with Crippen LogP contribution in [0.4, 0.5) is 0 Å². The second-order valence-electron chi connectivity index (χ2n) is 10.6. The van der Waals surface area contributed by atoms with Crippen molar-refractivity contribution in [2.75, 3.05) is 0 Å². The van der Waals surface area contributed by atoms with Crippen molar-refractivity contribution in [1.82, 2.24) is 15.0 Å². The van der Waals surface area contributed by atoms with Gasteiger partial charge in [-0.2, -0.15) is 0 Å². The molecule has 0 saturated carbocycles. The molecular weight excluding hydrogens is 606 g/mol. The number of rotatable bonds is 5. The molecule has 4 nitrogen and oxygen atoms in total. The number of furan rings is 1. The molecule has 5 heteroatoms. The van der Waals surface area contributed by atoms with Crippen LogP contribution < -0.4 is 0 Å². The third-order valence-corrected chi connectivity index (χ3v) is 8.28. The predicted molar refractivity (Wildman–Crippen MR) is 182 cm³/mol. The predicted octanol–water partition coefficient (Wildman–Crippen LogP) is 10.9. The molecule has 8 aromatic rings. The molecule has 0 spiro atoms. The van der Waals surface area contributed by atoms with E-state index >= 15 is 0 Å². The molecule has 0 radical (unpaired) electrons. The van der Waals surface area contributed by atoms with Gasteiger partial charge in [-0.3, -0.25) is 0 Å². The zero-order chi connectivity index (χ0) is 29.5. The lowest BCUT2D eigenvalue weighted by Gasteiger charge is -2.11. The van der Waals surface area contributed by atoms with E-state index in [0.717, 1.165) is 65.4 Å². The van der Waals surface area contributed by atoms with E-state index in [4.69, 9.17) is 19.4 Å². The van der Waals surface area contributed by atoms with Crippen LogP contribution in [-0.2, 0) is 0 Å². The fourth-order valence-corrected chi connectivity index (χ4v) is 6.09. The van der Waals surface area contributed by atoms with Crippen LogP contribution >= 0.6 is 15.9 Å². The number of para-hydroxylation sites is 1. The third kappa shape index (κ3) is 4.87. The smallest absolute Gasteiger partial charge is 0.164 e. The second-order valence-corrected chi connectivity index (χ2v) is 11.5. The minimum Gasteiger partial charge on any atom is -0.456 e. The summed E-state index contributed by atoms with van der Waals surface area (Å²) in [4.78, 5) is 15.1. The maximum atomic E-state index is 6.18. The van der Waals surface area contributed by atoms with E-state index in [2.05, 4.69) is 94.8 Å². The van der Waals surface area contributed by atoms with Gasteiger partial charge in [-0.1, -0.05) is 125 Å². The molecule has 2 heterocycles. The first-order valence-corrected chi connectivity index (χ1v) is 15.2. The zero-order valence-corrected chi connectivity index (χ0v) is 25.1. The number of nitrogens with zero attached hydrogens (tertiary/aromatic N) is 3. The van der Waals surface area contributed by atoms with Gasteiger partial charge in [0.05, 0.1) is 0 Å². The molecule has 6 aromatic carbocycles. The van der Waals surface area contributed by atoms with Gasteiger partial charge < -0.3 is 4.42 Å². The van der Waals surface area contributed by atoms with E-state index in [1.807, 2.05) is 66.7 Å². The fourth-order valence-electron chi connectivity index (χ4n) is 5.69. The average Bonchev–Trinajstić information content (AvgIpc) is 3.48. The Kier molecular flexibility index (Phi) is 6.58. The average molecular weight is 631 g/mol. The summed E-state index contributed by atoms with van der Waals surface area (Å²) in [6.07, 6.45) is 0.